The third kappa shape index (κ3) is 2.86. The van der Waals surface area contributed by atoms with Gasteiger partial charge in [-0.25, -0.2) is 0 Å². The van der Waals surface area contributed by atoms with Crippen molar-refractivity contribution in [1.82, 2.24) is 14.4 Å². The molecular weight excluding hydrogens is 298 g/mol. The fourth-order valence-corrected chi connectivity index (χ4v) is 4.13. The molecule has 126 valence electrons. The minimum Gasteiger partial charge on any atom is -0.347 e. The van der Waals surface area contributed by atoms with Gasteiger partial charge in [0.15, 0.2) is 0 Å². The van der Waals surface area contributed by atoms with Crippen LogP contribution in [0.15, 0.2) is 42.6 Å². The smallest absolute Gasteiger partial charge is 0.270 e. The molecule has 4 nitrogen and oxygen atoms in total. The lowest BCUT2D eigenvalue weighted by molar-refractivity contribution is 0.0544. The Hall–Kier alpha value is -2.07. The van der Waals surface area contributed by atoms with E-state index in [1.165, 1.54) is 24.0 Å². The van der Waals surface area contributed by atoms with Crippen molar-refractivity contribution in [3.8, 4) is 0 Å². The van der Waals surface area contributed by atoms with E-state index in [2.05, 4.69) is 29.2 Å². The maximum Gasteiger partial charge on any atom is 0.270 e. The van der Waals surface area contributed by atoms with Gasteiger partial charge in [-0.15, -0.1) is 0 Å². The minimum atomic E-state index is 0.163. The molecule has 0 saturated carbocycles. The summed E-state index contributed by atoms with van der Waals surface area (Å²) in [6, 6.07) is 13.3. The van der Waals surface area contributed by atoms with Crippen molar-refractivity contribution in [2.24, 2.45) is 7.05 Å². The van der Waals surface area contributed by atoms with Crippen molar-refractivity contribution in [3.05, 3.63) is 59.4 Å². The van der Waals surface area contributed by atoms with Crippen LogP contribution in [0.2, 0.25) is 0 Å². The summed E-state index contributed by atoms with van der Waals surface area (Å²) in [6.45, 7) is 3.65. The monoisotopic (exact) mass is 323 g/mol. The fraction of sp³-hybridized carbons (Fsp3) is 0.450. The van der Waals surface area contributed by atoms with E-state index in [1.807, 2.05) is 34.8 Å². The van der Waals surface area contributed by atoms with Crippen LogP contribution >= 0.6 is 0 Å². The van der Waals surface area contributed by atoms with Gasteiger partial charge in [0.05, 0.1) is 0 Å². The van der Waals surface area contributed by atoms with Crippen LogP contribution in [0.1, 0.15) is 28.0 Å². The highest BCUT2D eigenvalue weighted by Gasteiger charge is 2.29. The maximum atomic E-state index is 12.6. The molecule has 2 aromatic rings. The molecular formula is C20H25N3O. The first-order valence-corrected chi connectivity index (χ1v) is 8.94. The Kier molecular flexibility index (Phi) is 4.15. The van der Waals surface area contributed by atoms with E-state index in [4.69, 9.17) is 0 Å². The Balaban J connectivity index is 1.37. The van der Waals surface area contributed by atoms with E-state index in [1.54, 1.807) is 0 Å². The number of piperazine rings is 1. The van der Waals surface area contributed by atoms with Gasteiger partial charge in [-0.1, -0.05) is 24.3 Å². The third-order valence-electron chi connectivity index (χ3n) is 5.60. The van der Waals surface area contributed by atoms with Crippen LogP contribution in [0.4, 0.5) is 0 Å². The van der Waals surface area contributed by atoms with Crippen molar-refractivity contribution >= 4 is 5.91 Å². The third-order valence-corrected chi connectivity index (χ3v) is 5.60. The molecule has 0 unspecified atom stereocenters. The molecule has 1 saturated heterocycles. The van der Waals surface area contributed by atoms with Crippen molar-refractivity contribution in [3.63, 3.8) is 0 Å². The summed E-state index contributed by atoms with van der Waals surface area (Å²) in [6.07, 6.45) is 5.51. The molecule has 0 radical (unpaired) electrons. The Morgan fingerprint density at radius 1 is 1.00 bits per heavy atom. The number of benzene rings is 1. The van der Waals surface area contributed by atoms with E-state index in [9.17, 15) is 4.79 Å². The Bertz CT molecular complexity index is 728. The van der Waals surface area contributed by atoms with Gasteiger partial charge < -0.3 is 9.47 Å². The molecule has 0 N–H and O–H groups in total. The molecule has 1 aliphatic carbocycles. The number of fused-ring (bicyclic) bond motifs is 1. The molecule has 1 aromatic heterocycles. The van der Waals surface area contributed by atoms with E-state index < -0.39 is 0 Å². The number of hydrogen-bond acceptors (Lipinski definition) is 2. The van der Waals surface area contributed by atoms with Gasteiger partial charge in [0.25, 0.3) is 5.91 Å². The predicted molar refractivity (Wildman–Crippen MR) is 95.1 cm³/mol. The Morgan fingerprint density at radius 3 is 2.46 bits per heavy atom. The number of nitrogens with zero attached hydrogens (tertiary/aromatic N) is 3. The van der Waals surface area contributed by atoms with Crippen LogP contribution in [-0.2, 0) is 19.9 Å². The van der Waals surface area contributed by atoms with Crippen LogP contribution in [0.3, 0.4) is 0 Å². The number of hydrogen-bond donors (Lipinski definition) is 0. The van der Waals surface area contributed by atoms with E-state index in [-0.39, 0.29) is 5.91 Å². The summed E-state index contributed by atoms with van der Waals surface area (Å²) in [5.74, 6) is 0.163. The number of aryl methyl sites for hydroxylation is 2. The molecule has 4 rings (SSSR count). The zero-order valence-electron chi connectivity index (χ0n) is 14.3. The molecule has 0 spiro atoms. The van der Waals surface area contributed by atoms with Gasteiger partial charge in [0, 0.05) is 45.5 Å². The maximum absolute atomic E-state index is 12.6. The van der Waals surface area contributed by atoms with Crippen LogP contribution in [-0.4, -0.2) is 52.5 Å². The van der Waals surface area contributed by atoms with Crippen LogP contribution in [0.5, 0.6) is 0 Å². The Morgan fingerprint density at radius 2 is 1.75 bits per heavy atom. The molecule has 2 aliphatic rings. The summed E-state index contributed by atoms with van der Waals surface area (Å²) in [7, 11) is 1.93. The first kappa shape index (κ1) is 15.5. The van der Waals surface area contributed by atoms with Crippen molar-refractivity contribution in [1.29, 1.82) is 0 Å². The summed E-state index contributed by atoms with van der Waals surface area (Å²) in [4.78, 5) is 17.2. The van der Waals surface area contributed by atoms with Crippen molar-refractivity contribution in [2.75, 3.05) is 26.2 Å². The zero-order chi connectivity index (χ0) is 16.5. The Labute approximate surface area is 143 Å². The number of carbonyl (C=O) groups is 1. The first-order chi connectivity index (χ1) is 11.7. The molecule has 0 bridgehead atoms. The quantitative estimate of drug-likeness (QED) is 0.849. The number of amides is 1. The minimum absolute atomic E-state index is 0.163. The number of aromatic nitrogens is 1. The molecule has 1 aliphatic heterocycles. The lowest BCUT2D eigenvalue weighted by atomic mass is 9.87. The second-order valence-corrected chi connectivity index (χ2v) is 7.00. The summed E-state index contributed by atoms with van der Waals surface area (Å²) < 4.78 is 1.91. The van der Waals surface area contributed by atoms with Crippen LogP contribution < -0.4 is 0 Å². The first-order valence-electron chi connectivity index (χ1n) is 8.94. The fourth-order valence-electron chi connectivity index (χ4n) is 4.13. The second-order valence-electron chi connectivity index (χ2n) is 7.00. The van der Waals surface area contributed by atoms with Gasteiger partial charge in [-0.2, -0.15) is 0 Å². The second kappa shape index (κ2) is 6.44. The van der Waals surface area contributed by atoms with E-state index >= 15 is 0 Å². The average Bonchev–Trinajstić information content (AvgIpc) is 3.07. The predicted octanol–water partition coefficient (Wildman–Crippen LogP) is 2.34. The van der Waals surface area contributed by atoms with Gasteiger partial charge in [0.2, 0.25) is 0 Å². The highest BCUT2D eigenvalue weighted by Crippen LogP contribution is 2.25. The van der Waals surface area contributed by atoms with E-state index in [0.29, 0.717) is 6.04 Å². The summed E-state index contributed by atoms with van der Waals surface area (Å²) in [5, 5.41) is 0. The molecule has 2 heterocycles. The lowest BCUT2D eigenvalue weighted by Gasteiger charge is -2.41. The normalized spacial score (nSPS) is 21.5. The summed E-state index contributed by atoms with van der Waals surface area (Å²) in [5.41, 5.74) is 3.82. The van der Waals surface area contributed by atoms with Crippen LogP contribution in [0, 0.1) is 0 Å². The summed E-state index contributed by atoms with van der Waals surface area (Å²) >= 11 is 0. The standard InChI is InChI=1S/C20H25N3O/c1-21-10-4-7-19(21)20(24)23-13-11-22(12-14-23)18-9-8-16-5-2-3-6-17(16)15-18/h2-7,10,18H,8-9,11-15H2,1H3/t18-/m0/s1. The van der Waals surface area contributed by atoms with Gasteiger partial charge in [-0.3, -0.25) is 9.69 Å². The largest absolute Gasteiger partial charge is 0.347 e. The zero-order valence-corrected chi connectivity index (χ0v) is 14.3. The van der Waals surface area contributed by atoms with Crippen molar-refractivity contribution < 1.29 is 4.79 Å². The number of carbonyl (C=O) groups excluding carboxylic acids is 1. The molecule has 1 aromatic carbocycles. The van der Waals surface area contributed by atoms with Crippen LogP contribution in [0.25, 0.3) is 0 Å². The molecule has 4 heteroatoms. The lowest BCUT2D eigenvalue weighted by Crippen LogP contribution is -2.53. The van der Waals surface area contributed by atoms with E-state index in [0.717, 1.165) is 38.3 Å². The highest BCUT2D eigenvalue weighted by atomic mass is 16.2. The van der Waals surface area contributed by atoms with Crippen molar-refractivity contribution in [2.45, 2.75) is 25.3 Å². The van der Waals surface area contributed by atoms with Gasteiger partial charge in [-0.05, 0) is 42.5 Å². The average molecular weight is 323 g/mol. The van der Waals surface area contributed by atoms with Gasteiger partial charge in [0.1, 0.15) is 5.69 Å². The van der Waals surface area contributed by atoms with Gasteiger partial charge >= 0.3 is 0 Å². The molecule has 1 fully saturated rings. The topological polar surface area (TPSA) is 28.5 Å². The molecule has 1 atom stereocenters. The molecule has 24 heavy (non-hydrogen) atoms. The number of rotatable bonds is 2. The SMILES string of the molecule is Cn1cccc1C(=O)N1CCN([C@H]2CCc3ccccc3C2)CC1. The molecule has 1 amide bonds. The highest BCUT2D eigenvalue weighted by molar-refractivity contribution is 5.92.